The SMILES string of the molecule is CC#CCOc1cccc(CC/C=C/[C](=[Cr])OC)c1. The molecule has 0 aliphatic carbocycles. The molecule has 0 N–H and O–H groups in total. The summed E-state index contributed by atoms with van der Waals surface area (Å²) in [4.78, 5) is 0. The van der Waals surface area contributed by atoms with Crippen molar-refractivity contribution in [2.75, 3.05) is 13.7 Å². The summed E-state index contributed by atoms with van der Waals surface area (Å²) < 4.78 is 11.3. The zero-order valence-corrected chi connectivity index (χ0v) is 12.6. The van der Waals surface area contributed by atoms with E-state index in [-0.39, 0.29) is 0 Å². The maximum absolute atomic E-state index is 5.53. The standard InChI is InChI=1S/C16H18O2.Cr/c1-3-4-13-18-16-11-8-10-15(14-16)9-6-5-7-12-17-2;/h5,7-8,10-11,14H,6,9,13H2,1-2H3;/b7-5+;. The van der Waals surface area contributed by atoms with Crippen molar-refractivity contribution in [1.29, 1.82) is 0 Å². The summed E-state index contributed by atoms with van der Waals surface area (Å²) in [7, 11) is 1.65. The average molecular weight is 294 g/mol. The Balaban J connectivity index is 2.45. The van der Waals surface area contributed by atoms with Crippen molar-refractivity contribution in [2.24, 2.45) is 0 Å². The monoisotopic (exact) mass is 294 g/mol. The number of benzene rings is 1. The quantitative estimate of drug-likeness (QED) is 0.720. The van der Waals surface area contributed by atoms with Crippen LogP contribution in [0, 0.1) is 11.8 Å². The van der Waals surface area contributed by atoms with Crippen LogP contribution in [-0.4, -0.2) is 18.3 Å². The van der Waals surface area contributed by atoms with Gasteiger partial charge in [-0.1, -0.05) is 0 Å². The molecule has 0 aliphatic heterocycles. The van der Waals surface area contributed by atoms with E-state index in [0.717, 1.165) is 23.2 Å². The molecular weight excluding hydrogens is 276 g/mol. The molecule has 1 aromatic carbocycles. The number of aryl methyl sites for hydroxylation is 1. The fraction of sp³-hybridized carbons (Fsp3) is 0.312. The third-order valence-electron chi connectivity index (χ3n) is 2.44. The normalized spacial score (nSPS) is 10.0. The van der Waals surface area contributed by atoms with Crippen molar-refractivity contribution in [2.45, 2.75) is 19.8 Å². The molecule has 0 aliphatic rings. The fourth-order valence-electron chi connectivity index (χ4n) is 1.48. The van der Waals surface area contributed by atoms with Crippen LogP contribution in [0.2, 0.25) is 0 Å². The molecule has 0 aromatic heterocycles. The second-order valence-electron chi connectivity index (χ2n) is 3.83. The van der Waals surface area contributed by atoms with E-state index in [1.54, 1.807) is 7.11 Å². The summed E-state index contributed by atoms with van der Waals surface area (Å²) in [5.74, 6) is 6.57. The molecule has 0 atom stereocenters. The Hall–Kier alpha value is -1.32. The predicted octanol–water partition coefficient (Wildman–Crippen LogP) is 2.90. The number of methoxy groups -OCH3 is 1. The molecule has 0 amide bonds. The van der Waals surface area contributed by atoms with E-state index in [1.807, 2.05) is 25.1 Å². The van der Waals surface area contributed by atoms with Crippen molar-refractivity contribution < 1.29 is 25.3 Å². The topological polar surface area (TPSA) is 18.5 Å². The van der Waals surface area contributed by atoms with Gasteiger partial charge in [0.05, 0.1) is 0 Å². The van der Waals surface area contributed by atoms with Crippen LogP contribution in [0.15, 0.2) is 36.4 Å². The Morgan fingerprint density at radius 3 is 3.00 bits per heavy atom. The minimum absolute atomic E-state index is 0.442. The van der Waals surface area contributed by atoms with Gasteiger partial charge in [-0.25, -0.2) is 0 Å². The van der Waals surface area contributed by atoms with Crippen LogP contribution in [0.5, 0.6) is 5.75 Å². The first-order valence-electron chi connectivity index (χ1n) is 6.12. The molecule has 0 saturated heterocycles. The van der Waals surface area contributed by atoms with Gasteiger partial charge in [0.25, 0.3) is 0 Å². The van der Waals surface area contributed by atoms with E-state index in [1.165, 1.54) is 5.56 Å². The summed E-state index contributed by atoms with van der Waals surface area (Å²) in [6, 6.07) is 8.12. The Morgan fingerprint density at radius 2 is 2.26 bits per heavy atom. The molecular formula is C16H18CrO2. The third kappa shape index (κ3) is 6.99. The van der Waals surface area contributed by atoms with Gasteiger partial charge in [0, 0.05) is 0 Å². The zero-order valence-electron chi connectivity index (χ0n) is 11.3. The third-order valence-corrected chi connectivity index (χ3v) is 2.91. The molecule has 0 spiro atoms. The molecule has 19 heavy (non-hydrogen) atoms. The number of allylic oxidation sites excluding steroid dienone is 1. The van der Waals surface area contributed by atoms with Gasteiger partial charge in [0.2, 0.25) is 0 Å². The summed E-state index contributed by atoms with van der Waals surface area (Å²) in [5.41, 5.74) is 1.26. The van der Waals surface area contributed by atoms with E-state index in [2.05, 4.69) is 45.9 Å². The fourth-order valence-corrected chi connectivity index (χ4v) is 1.63. The Bertz CT molecular complexity index is 495. The van der Waals surface area contributed by atoms with Gasteiger partial charge in [-0.3, -0.25) is 0 Å². The Kier molecular flexibility index (Phi) is 7.95. The first-order chi connectivity index (χ1) is 9.26. The van der Waals surface area contributed by atoms with E-state index in [0.29, 0.717) is 6.61 Å². The predicted molar refractivity (Wildman–Crippen MR) is 74.9 cm³/mol. The van der Waals surface area contributed by atoms with Crippen LogP contribution < -0.4 is 4.74 Å². The van der Waals surface area contributed by atoms with Crippen molar-refractivity contribution in [3.63, 3.8) is 0 Å². The summed E-state index contributed by atoms with van der Waals surface area (Å²) in [6.45, 7) is 2.25. The van der Waals surface area contributed by atoms with Crippen LogP contribution in [0.3, 0.4) is 0 Å². The van der Waals surface area contributed by atoms with E-state index >= 15 is 0 Å². The van der Waals surface area contributed by atoms with Crippen molar-refractivity contribution in [3.05, 3.63) is 42.0 Å². The summed E-state index contributed by atoms with van der Waals surface area (Å²) in [6.07, 6.45) is 5.97. The van der Waals surface area contributed by atoms with Gasteiger partial charge < -0.3 is 0 Å². The van der Waals surface area contributed by atoms with Crippen LogP contribution in [0.4, 0.5) is 0 Å². The molecule has 0 fully saturated rings. The van der Waals surface area contributed by atoms with Crippen molar-refractivity contribution in [3.8, 4) is 17.6 Å². The molecule has 3 heteroatoms. The first-order valence-corrected chi connectivity index (χ1v) is 6.76. The van der Waals surface area contributed by atoms with Gasteiger partial charge in [-0.05, 0) is 6.92 Å². The second kappa shape index (κ2) is 9.59. The Labute approximate surface area is 123 Å². The van der Waals surface area contributed by atoms with Gasteiger partial charge in [0.15, 0.2) is 0 Å². The molecule has 2 nitrogen and oxygen atoms in total. The maximum atomic E-state index is 5.53. The van der Waals surface area contributed by atoms with Gasteiger partial charge in [0.1, 0.15) is 0 Å². The second-order valence-corrected chi connectivity index (χ2v) is 4.46. The van der Waals surface area contributed by atoms with Crippen molar-refractivity contribution >= 4 is 4.57 Å². The molecule has 1 rings (SSSR count). The van der Waals surface area contributed by atoms with E-state index < -0.39 is 0 Å². The summed E-state index contributed by atoms with van der Waals surface area (Å²) >= 11 is 2.84. The molecule has 0 radical (unpaired) electrons. The van der Waals surface area contributed by atoms with Crippen molar-refractivity contribution in [1.82, 2.24) is 0 Å². The molecule has 100 valence electrons. The van der Waals surface area contributed by atoms with E-state index in [9.17, 15) is 0 Å². The number of hydrogen-bond donors (Lipinski definition) is 0. The van der Waals surface area contributed by atoms with Crippen LogP contribution >= 0.6 is 0 Å². The van der Waals surface area contributed by atoms with Crippen LogP contribution in [0.25, 0.3) is 0 Å². The number of hydrogen-bond acceptors (Lipinski definition) is 2. The molecule has 0 heterocycles. The zero-order chi connectivity index (χ0) is 13.9. The number of rotatable bonds is 7. The summed E-state index contributed by atoms with van der Waals surface area (Å²) in [5, 5.41) is 0. The minimum atomic E-state index is 0.442. The first kappa shape index (κ1) is 15.7. The molecule has 0 saturated carbocycles. The van der Waals surface area contributed by atoms with Gasteiger partial charge >= 0.3 is 116 Å². The molecule has 1 aromatic rings. The van der Waals surface area contributed by atoms with Crippen LogP contribution in [0.1, 0.15) is 18.9 Å². The Morgan fingerprint density at radius 1 is 1.42 bits per heavy atom. The van der Waals surface area contributed by atoms with Crippen LogP contribution in [-0.2, 0) is 27.0 Å². The number of ether oxygens (including phenoxy) is 2. The molecule has 0 bridgehead atoms. The average Bonchev–Trinajstić information content (AvgIpc) is 2.44. The van der Waals surface area contributed by atoms with E-state index in [4.69, 9.17) is 9.47 Å². The molecule has 0 unspecified atom stereocenters. The van der Waals surface area contributed by atoms with Gasteiger partial charge in [-0.2, -0.15) is 0 Å². The van der Waals surface area contributed by atoms with Gasteiger partial charge in [-0.15, -0.1) is 0 Å².